The smallest absolute Gasteiger partial charge is 0.315 e. The van der Waals surface area contributed by atoms with E-state index >= 15 is 0 Å². The summed E-state index contributed by atoms with van der Waals surface area (Å²) in [5.41, 5.74) is 2.80. The Labute approximate surface area is 178 Å². The quantitative estimate of drug-likeness (QED) is 0.493. The Balaban J connectivity index is 2.02. The number of ketones is 1. The second kappa shape index (κ2) is 9.92. The van der Waals surface area contributed by atoms with Gasteiger partial charge in [0.25, 0.3) is 0 Å². The van der Waals surface area contributed by atoms with Gasteiger partial charge in [-0.2, -0.15) is 0 Å². The van der Waals surface area contributed by atoms with Crippen LogP contribution in [0.5, 0.6) is 11.5 Å². The summed E-state index contributed by atoms with van der Waals surface area (Å²) in [4.78, 5) is 30.6. The number of phenols is 1. The predicted molar refractivity (Wildman–Crippen MR) is 115 cm³/mol. The van der Waals surface area contributed by atoms with Crippen molar-refractivity contribution in [3.05, 3.63) is 35.0 Å². The minimum Gasteiger partial charge on any atom is -0.504 e. The molecule has 1 aliphatic carbocycles. The van der Waals surface area contributed by atoms with Gasteiger partial charge >= 0.3 is 5.97 Å². The zero-order valence-corrected chi connectivity index (χ0v) is 18.1. The highest BCUT2D eigenvalue weighted by Crippen LogP contribution is 2.45. The van der Waals surface area contributed by atoms with Crippen molar-refractivity contribution in [1.29, 1.82) is 0 Å². The summed E-state index contributed by atoms with van der Waals surface area (Å²) in [5, 5.41) is 10.1. The highest BCUT2D eigenvalue weighted by Gasteiger charge is 2.43. The lowest BCUT2D eigenvalue weighted by molar-refractivity contribution is -0.146. The van der Waals surface area contributed by atoms with Gasteiger partial charge in [0.1, 0.15) is 5.92 Å². The van der Waals surface area contributed by atoms with Crippen molar-refractivity contribution in [2.75, 3.05) is 13.2 Å². The molecule has 0 fully saturated rings. The van der Waals surface area contributed by atoms with Crippen LogP contribution in [0.2, 0.25) is 0 Å². The van der Waals surface area contributed by atoms with Crippen molar-refractivity contribution in [2.45, 2.75) is 65.2 Å². The number of phenolic OH excluding ortho intramolecular Hbond substituents is 1. The van der Waals surface area contributed by atoms with Gasteiger partial charge in [-0.05, 0) is 50.8 Å². The minimum absolute atomic E-state index is 0.0321. The van der Waals surface area contributed by atoms with Gasteiger partial charge in [-0.25, -0.2) is 0 Å². The predicted octanol–water partition coefficient (Wildman–Crippen LogP) is 4.71. The van der Waals surface area contributed by atoms with Gasteiger partial charge in [-0.15, -0.1) is 0 Å². The first kappa shape index (κ1) is 22.1. The topological polar surface area (TPSA) is 85.2 Å². The van der Waals surface area contributed by atoms with Gasteiger partial charge in [-0.3, -0.25) is 14.6 Å². The molecule has 30 heavy (non-hydrogen) atoms. The maximum atomic E-state index is 13.1. The largest absolute Gasteiger partial charge is 0.504 e. The number of benzene rings is 1. The van der Waals surface area contributed by atoms with Gasteiger partial charge in [0.2, 0.25) is 0 Å². The number of rotatable bonds is 8. The summed E-state index contributed by atoms with van der Waals surface area (Å²) in [5.74, 6) is -1.09. The second-order valence-corrected chi connectivity index (χ2v) is 7.88. The normalized spacial score (nSPS) is 21.2. The van der Waals surface area contributed by atoms with Crippen molar-refractivity contribution < 1.29 is 24.2 Å². The summed E-state index contributed by atoms with van der Waals surface area (Å²) < 4.78 is 11.1. The summed E-state index contributed by atoms with van der Waals surface area (Å²) in [6.07, 6.45) is 4.81. The maximum Gasteiger partial charge on any atom is 0.315 e. The Bertz CT molecular complexity index is 870. The average molecular weight is 414 g/mol. The van der Waals surface area contributed by atoms with E-state index in [1.54, 1.807) is 18.2 Å². The number of nitrogens with zero attached hydrogens (tertiary/aromatic N) is 1. The van der Waals surface area contributed by atoms with Crippen LogP contribution in [0.1, 0.15) is 70.8 Å². The summed E-state index contributed by atoms with van der Waals surface area (Å²) in [6, 6.07) is 5.04. The molecule has 1 aromatic rings. The van der Waals surface area contributed by atoms with Crippen LogP contribution in [0.4, 0.5) is 0 Å². The summed E-state index contributed by atoms with van der Waals surface area (Å²) in [6.45, 7) is 6.53. The van der Waals surface area contributed by atoms with Crippen LogP contribution in [0.15, 0.2) is 34.5 Å². The molecule has 6 heteroatoms. The van der Waals surface area contributed by atoms with Gasteiger partial charge in [0.05, 0.1) is 13.2 Å². The van der Waals surface area contributed by atoms with E-state index in [-0.39, 0.29) is 17.5 Å². The summed E-state index contributed by atoms with van der Waals surface area (Å²) in [7, 11) is 0. The van der Waals surface area contributed by atoms with Crippen LogP contribution in [0.3, 0.4) is 0 Å². The number of hydrogen-bond donors (Lipinski definition) is 1. The lowest BCUT2D eigenvalue weighted by Gasteiger charge is -2.34. The number of unbranched alkanes of at least 4 members (excludes halogenated alkanes) is 2. The van der Waals surface area contributed by atoms with Crippen LogP contribution in [-0.2, 0) is 14.3 Å². The number of esters is 1. The van der Waals surface area contributed by atoms with E-state index in [0.717, 1.165) is 43.4 Å². The third kappa shape index (κ3) is 4.58. The van der Waals surface area contributed by atoms with E-state index in [2.05, 4.69) is 11.9 Å². The highest BCUT2D eigenvalue weighted by molar-refractivity contribution is 6.08. The lowest BCUT2D eigenvalue weighted by Crippen LogP contribution is -2.37. The van der Waals surface area contributed by atoms with E-state index in [1.807, 2.05) is 13.8 Å². The van der Waals surface area contributed by atoms with Crippen molar-refractivity contribution in [2.24, 2.45) is 10.9 Å². The zero-order valence-electron chi connectivity index (χ0n) is 18.1. The molecule has 0 radical (unpaired) electrons. The van der Waals surface area contributed by atoms with Crippen molar-refractivity contribution >= 4 is 17.5 Å². The molecular formula is C24H31NO5. The molecule has 0 saturated heterocycles. The molecule has 1 aromatic carbocycles. The van der Waals surface area contributed by atoms with Crippen molar-refractivity contribution in [1.82, 2.24) is 0 Å². The molecule has 1 N–H and O–H groups in total. The number of Topliss-reactive ketones (excluding diaryl/α,β-unsaturated/α-hetero) is 1. The Kier molecular flexibility index (Phi) is 7.29. The lowest BCUT2D eigenvalue weighted by atomic mass is 9.71. The summed E-state index contributed by atoms with van der Waals surface area (Å²) >= 11 is 0. The molecule has 2 atom stereocenters. The van der Waals surface area contributed by atoms with E-state index in [4.69, 9.17) is 9.47 Å². The number of hydrogen-bond acceptors (Lipinski definition) is 6. The molecule has 6 nitrogen and oxygen atoms in total. The molecule has 0 amide bonds. The van der Waals surface area contributed by atoms with Gasteiger partial charge < -0.3 is 14.6 Å². The van der Waals surface area contributed by atoms with Gasteiger partial charge in [0.15, 0.2) is 17.3 Å². The number of aromatic hydroxyl groups is 1. The van der Waals surface area contributed by atoms with Crippen LogP contribution >= 0.6 is 0 Å². The second-order valence-electron chi connectivity index (χ2n) is 7.88. The zero-order chi connectivity index (χ0) is 21.7. The van der Waals surface area contributed by atoms with Crippen LogP contribution < -0.4 is 4.74 Å². The average Bonchev–Trinajstić information content (AvgIpc) is 2.72. The molecule has 0 aromatic heterocycles. The minimum atomic E-state index is -0.661. The first-order chi connectivity index (χ1) is 14.5. The molecule has 1 heterocycles. The fraction of sp³-hybridized carbons (Fsp3) is 0.542. The molecule has 1 unspecified atom stereocenters. The third-order valence-electron chi connectivity index (χ3n) is 5.72. The monoisotopic (exact) mass is 413 g/mol. The molecule has 0 bridgehead atoms. The Hall–Kier alpha value is -2.63. The number of carbonyl (C=O) groups is 2. The van der Waals surface area contributed by atoms with E-state index in [9.17, 15) is 14.7 Å². The van der Waals surface area contributed by atoms with Crippen LogP contribution in [-0.4, -0.2) is 35.8 Å². The molecule has 1 aliphatic heterocycles. The Morgan fingerprint density at radius 2 is 2.03 bits per heavy atom. The molecule has 0 spiro atoms. The van der Waals surface area contributed by atoms with Gasteiger partial charge in [-0.1, -0.05) is 25.8 Å². The number of ether oxygens (including phenoxy) is 2. The maximum absolute atomic E-state index is 13.1. The molecule has 0 saturated carbocycles. The Morgan fingerprint density at radius 1 is 1.23 bits per heavy atom. The van der Waals surface area contributed by atoms with Crippen LogP contribution in [0, 0.1) is 5.92 Å². The van der Waals surface area contributed by atoms with E-state index in [0.29, 0.717) is 36.7 Å². The number of allylic oxidation sites excluding steroid dienone is 2. The fourth-order valence-corrected chi connectivity index (χ4v) is 4.28. The molecule has 3 rings (SSSR count). The van der Waals surface area contributed by atoms with E-state index < -0.39 is 11.8 Å². The standard InChI is InChI=1S/C24H31NO5/c1-4-6-7-13-30-24(28)21-15(3)25-17-9-8-10-19(27)23(17)22(21)16-11-12-18(26)20(14-16)29-5-2/h11-12,14,21-22,26H,4-10,13H2,1-3H3/t21?,22-/m1/s1. The van der Waals surface area contributed by atoms with E-state index in [1.165, 1.54) is 0 Å². The third-order valence-corrected chi connectivity index (χ3v) is 5.72. The van der Waals surface area contributed by atoms with Crippen molar-refractivity contribution in [3.8, 4) is 11.5 Å². The Morgan fingerprint density at radius 3 is 2.77 bits per heavy atom. The molecule has 162 valence electrons. The SMILES string of the molecule is CCCCCOC(=O)C1C(C)=NC2=C(C(=O)CCC2)[C@@H]1c1ccc(O)c(OCC)c1. The first-order valence-corrected chi connectivity index (χ1v) is 10.9. The van der Waals surface area contributed by atoms with Gasteiger partial charge in [0, 0.05) is 29.3 Å². The van der Waals surface area contributed by atoms with Crippen molar-refractivity contribution in [3.63, 3.8) is 0 Å². The fourth-order valence-electron chi connectivity index (χ4n) is 4.28. The number of aliphatic imine (C=N–C) groups is 1. The molecular weight excluding hydrogens is 382 g/mol. The van der Waals surface area contributed by atoms with Crippen LogP contribution in [0.25, 0.3) is 0 Å². The number of carbonyl (C=O) groups excluding carboxylic acids is 2. The highest BCUT2D eigenvalue weighted by atomic mass is 16.5. The first-order valence-electron chi connectivity index (χ1n) is 10.9. The molecule has 2 aliphatic rings.